The van der Waals surface area contributed by atoms with Crippen LogP contribution in [-0.2, 0) is 6.54 Å². The summed E-state index contributed by atoms with van der Waals surface area (Å²) in [5, 5.41) is 11.6. The molecule has 8 heteroatoms. The molecule has 0 aliphatic carbocycles. The molecule has 0 fully saturated rings. The van der Waals surface area contributed by atoms with Crippen molar-refractivity contribution in [3.63, 3.8) is 0 Å². The fourth-order valence-corrected chi connectivity index (χ4v) is 2.06. The molecular weight excluding hydrogens is 329 g/mol. The van der Waals surface area contributed by atoms with Gasteiger partial charge in [0, 0.05) is 6.54 Å². The lowest BCUT2D eigenvalue weighted by molar-refractivity contribution is 0.687. The van der Waals surface area contributed by atoms with Gasteiger partial charge in [0.15, 0.2) is 5.11 Å². The van der Waals surface area contributed by atoms with Gasteiger partial charge in [-0.25, -0.2) is 9.67 Å². The normalized spacial score (nSPS) is 10.2. The highest BCUT2D eigenvalue weighted by molar-refractivity contribution is 7.80. The first-order chi connectivity index (χ1) is 10.1. The highest BCUT2D eigenvalue weighted by Gasteiger charge is 2.05. The van der Waals surface area contributed by atoms with Crippen molar-refractivity contribution < 1.29 is 0 Å². The summed E-state index contributed by atoms with van der Waals surface area (Å²) in [5.74, 6) is 0.427. The number of nitrogens with one attached hydrogen (secondary N) is 2. The largest absolute Gasteiger partial charge is 0.359 e. The lowest BCUT2D eigenvalue weighted by atomic mass is 10.2. The highest BCUT2D eigenvalue weighted by Crippen LogP contribution is 2.22. The van der Waals surface area contributed by atoms with Crippen LogP contribution in [0.5, 0.6) is 0 Å². The molecule has 1 aromatic carbocycles. The molecule has 5 nitrogen and oxygen atoms in total. The zero-order valence-corrected chi connectivity index (χ0v) is 13.3. The SMILES string of the molecule is C=CCNC(=S)Nc1ncn(Cc2ccc(Cl)c(Cl)c2)n1. The molecule has 110 valence electrons. The van der Waals surface area contributed by atoms with Gasteiger partial charge in [-0.15, -0.1) is 11.7 Å². The molecule has 2 rings (SSSR count). The van der Waals surface area contributed by atoms with Crippen molar-refractivity contribution in [2.24, 2.45) is 0 Å². The Bertz CT molecular complexity index is 656. The van der Waals surface area contributed by atoms with Gasteiger partial charge in [0.25, 0.3) is 0 Å². The minimum atomic E-state index is 0.427. The molecule has 0 amide bonds. The Morgan fingerprint density at radius 3 is 2.90 bits per heavy atom. The van der Waals surface area contributed by atoms with Crippen LogP contribution in [-0.4, -0.2) is 26.4 Å². The van der Waals surface area contributed by atoms with Gasteiger partial charge in [0.05, 0.1) is 16.6 Å². The van der Waals surface area contributed by atoms with Gasteiger partial charge >= 0.3 is 0 Å². The Hall–Kier alpha value is -1.63. The molecule has 0 aliphatic heterocycles. The first kappa shape index (κ1) is 15.8. The van der Waals surface area contributed by atoms with Gasteiger partial charge in [-0.1, -0.05) is 35.3 Å². The molecule has 0 atom stereocenters. The second kappa shape index (κ2) is 7.40. The Morgan fingerprint density at radius 2 is 2.19 bits per heavy atom. The molecule has 0 aliphatic rings. The van der Waals surface area contributed by atoms with E-state index in [1.165, 1.54) is 0 Å². The van der Waals surface area contributed by atoms with Crippen molar-refractivity contribution in [1.82, 2.24) is 20.1 Å². The zero-order chi connectivity index (χ0) is 15.2. The Kier molecular flexibility index (Phi) is 5.55. The molecule has 1 heterocycles. The minimum absolute atomic E-state index is 0.427. The molecule has 0 saturated heterocycles. The van der Waals surface area contributed by atoms with E-state index in [0.29, 0.717) is 34.2 Å². The van der Waals surface area contributed by atoms with Crippen molar-refractivity contribution in [2.45, 2.75) is 6.54 Å². The number of thiocarbonyl (C=S) groups is 1. The van der Waals surface area contributed by atoms with Crippen LogP contribution in [0.15, 0.2) is 37.2 Å². The summed E-state index contributed by atoms with van der Waals surface area (Å²) in [7, 11) is 0. The third kappa shape index (κ3) is 4.70. The third-order valence-corrected chi connectivity index (χ3v) is 3.48. The van der Waals surface area contributed by atoms with Crippen LogP contribution >= 0.6 is 35.4 Å². The molecule has 0 bridgehead atoms. The van der Waals surface area contributed by atoms with Gasteiger partial charge in [-0.05, 0) is 29.9 Å². The summed E-state index contributed by atoms with van der Waals surface area (Å²) in [4.78, 5) is 4.13. The summed E-state index contributed by atoms with van der Waals surface area (Å²) in [6, 6.07) is 5.44. The van der Waals surface area contributed by atoms with Crippen molar-refractivity contribution >= 4 is 46.5 Å². The number of rotatable bonds is 5. The van der Waals surface area contributed by atoms with E-state index >= 15 is 0 Å². The first-order valence-electron chi connectivity index (χ1n) is 6.07. The van der Waals surface area contributed by atoms with Gasteiger partial charge in [-0.3, -0.25) is 5.32 Å². The topological polar surface area (TPSA) is 54.8 Å². The first-order valence-corrected chi connectivity index (χ1v) is 7.24. The van der Waals surface area contributed by atoms with Crippen molar-refractivity contribution in [2.75, 3.05) is 11.9 Å². The minimum Gasteiger partial charge on any atom is -0.359 e. The van der Waals surface area contributed by atoms with Gasteiger partial charge < -0.3 is 5.32 Å². The predicted molar refractivity (Wildman–Crippen MR) is 90.0 cm³/mol. The van der Waals surface area contributed by atoms with Crippen LogP contribution in [0.4, 0.5) is 5.95 Å². The van der Waals surface area contributed by atoms with Crippen LogP contribution in [0.2, 0.25) is 10.0 Å². The summed E-state index contributed by atoms with van der Waals surface area (Å²) in [5.41, 5.74) is 0.980. The predicted octanol–water partition coefficient (Wildman–Crippen LogP) is 3.11. The maximum Gasteiger partial charge on any atom is 0.248 e. The van der Waals surface area contributed by atoms with Gasteiger partial charge in [-0.2, -0.15) is 0 Å². The third-order valence-electron chi connectivity index (χ3n) is 2.50. The number of aromatic nitrogens is 3. The summed E-state index contributed by atoms with van der Waals surface area (Å²) >= 11 is 16.9. The Balaban J connectivity index is 1.97. The van der Waals surface area contributed by atoms with Crippen LogP contribution in [0, 0.1) is 0 Å². The van der Waals surface area contributed by atoms with E-state index in [1.54, 1.807) is 29.2 Å². The van der Waals surface area contributed by atoms with Gasteiger partial charge in [0.2, 0.25) is 5.95 Å². The molecule has 2 N–H and O–H groups in total. The lowest BCUT2D eigenvalue weighted by Gasteiger charge is -2.05. The second-order valence-corrected chi connectivity index (χ2v) is 5.36. The van der Waals surface area contributed by atoms with E-state index < -0.39 is 0 Å². The van der Waals surface area contributed by atoms with E-state index in [1.807, 2.05) is 6.07 Å². The van der Waals surface area contributed by atoms with Crippen molar-refractivity contribution in [3.05, 3.63) is 52.8 Å². The molecule has 0 spiro atoms. The highest BCUT2D eigenvalue weighted by atomic mass is 35.5. The van der Waals surface area contributed by atoms with E-state index in [-0.39, 0.29) is 0 Å². The van der Waals surface area contributed by atoms with E-state index in [2.05, 4.69) is 27.3 Å². The average molecular weight is 342 g/mol. The monoisotopic (exact) mass is 341 g/mol. The standard InChI is InChI=1S/C13H13Cl2N5S/c1-2-5-16-13(21)18-12-17-8-20(19-12)7-9-3-4-10(14)11(15)6-9/h2-4,6,8H,1,5,7H2,(H2,16,18,19,21). The number of hydrogen-bond donors (Lipinski definition) is 2. The van der Waals surface area contributed by atoms with E-state index in [9.17, 15) is 0 Å². The van der Waals surface area contributed by atoms with Gasteiger partial charge in [0.1, 0.15) is 6.33 Å². The number of halogens is 2. The molecule has 1 aromatic heterocycles. The second-order valence-electron chi connectivity index (χ2n) is 4.14. The summed E-state index contributed by atoms with van der Waals surface area (Å²) in [6.07, 6.45) is 3.32. The number of benzene rings is 1. The number of nitrogens with zero attached hydrogens (tertiary/aromatic N) is 3. The van der Waals surface area contributed by atoms with Crippen LogP contribution in [0.1, 0.15) is 5.56 Å². The molecule has 0 radical (unpaired) electrons. The van der Waals surface area contributed by atoms with Crippen molar-refractivity contribution in [3.8, 4) is 0 Å². The molecule has 0 saturated carbocycles. The number of hydrogen-bond acceptors (Lipinski definition) is 3. The fourth-order valence-electron chi connectivity index (χ4n) is 1.56. The van der Waals surface area contributed by atoms with Crippen LogP contribution < -0.4 is 10.6 Å². The zero-order valence-electron chi connectivity index (χ0n) is 11.0. The maximum atomic E-state index is 5.98. The Morgan fingerprint density at radius 1 is 1.38 bits per heavy atom. The van der Waals surface area contributed by atoms with E-state index in [0.717, 1.165) is 5.56 Å². The quantitative estimate of drug-likeness (QED) is 0.646. The molecule has 0 unspecified atom stereocenters. The van der Waals surface area contributed by atoms with Crippen LogP contribution in [0.3, 0.4) is 0 Å². The summed E-state index contributed by atoms with van der Waals surface area (Å²) in [6.45, 7) is 4.72. The summed E-state index contributed by atoms with van der Waals surface area (Å²) < 4.78 is 1.68. The molecule has 21 heavy (non-hydrogen) atoms. The lowest BCUT2D eigenvalue weighted by Crippen LogP contribution is -2.28. The smallest absolute Gasteiger partial charge is 0.248 e. The Labute approximate surface area is 138 Å². The van der Waals surface area contributed by atoms with Crippen LogP contribution in [0.25, 0.3) is 0 Å². The van der Waals surface area contributed by atoms with E-state index in [4.69, 9.17) is 35.4 Å². The molecule has 2 aromatic rings. The average Bonchev–Trinajstić information content (AvgIpc) is 2.88. The maximum absolute atomic E-state index is 5.98. The number of anilines is 1. The molecular formula is C13H13Cl2N5S. The van der Waals surface area contributed by atoms with Crippen molar-refractivity contribution in [1.29, 1.82) is 0 Å². The fraction of sp³-hybridized carbons (Fsp3) is 0.154.